The summed E-state index contributed by atoms with van der Waals surface area (Å²) >= 11 is 2.57. The van der Waals surface area contributed by atoms with Crippen molar-refractivity contribution in [2.45, 2.75) is 4.34 Å². The Morgan fingerprint density at radius 3 is 2.68 bits per heavy atom. The second kappa shape index (κ2) is 8.09. The Bertz CT molecular complexity index is 868. The molecule has 1 N–H and O–H groups in total. The van der Waals surface area contributed by atoms with Crippen LogP contribution in [-0.2, 0) is 0 Å². The number of anilines is 2. The van der Waals surface area contributed by atoms with Crippen molar-refractivity contribution in [1.82, 2.24) is 10.2 Å². The molecule has 0 aliphatic carbocycles. The van der Waals surface area contributed by atoms with E-state index in [2.05, 4.69) is 15.5 Å². The lowest BCUT2D eigenvalue weighted by Gasteiger charge is -2.03. The molecule has 0 unspecified atom stereocenters. The highest BCUT2D eigenvalue weighted by Gasteiger charge is 2.13. The Kier molecular flexibility index (Phi) is 5.62. The predicted molar refractivity (Wildman–Crippen MR) is 97.6 cm³/mol. The maximum Gasteiger partial charge on any atom is 0.210 e. The first-order chi connectivity index (χ1) is 12.2. The van der Waals surface area contributed by atoms with Crippen LogP contribution in [0.25, 0.3) is 0 Å². The van der Waals surface area contributed by atoms with Crippen molar-refractivity contribution >= 4 is 39.7 Å². The fourth-order valence-corrected chi connectivity index (χ4v) is 3.66. The van der Waals surface area contributed by atoms with Crippen molar-refractivity contribution in [1.29, 1.82) is 0 Å². The quantitative estimate of drug-likeness (QED) is 0.488. The van der Waals surface area contributed by atoms with Gasteiger partial charge in [-0.05, 0) is 36.4 Å². The predicted octanol–water partition coefficient (Wildman–Crippen LogP) is 4.40. The molecule has 0 atom stereocenters. The number of thioether (sulfide) groups is 1. The number of nitrogens with one attached hydrogen (secondary N) is 1. The zero-order valence-corrected chi connectivity index (χ0v) is 14.9. The first-order valence-electron chi connectivity index (χ1n) is 7.31. The van der Waals surface area contributed by atoms with Crippen molar-refractivity contribution in [2.75, 3.05) is 18.2 Å². The monoisotopic (exact) mass is 375 g/mol. The van der Waals surface area contributed by atoms with E-state index in [1.165, 1.54) is 35.2 Å². The van der Waals surface area contributed by atoms with Gasteiger partial charge in [-0.2, -0.15) is 0 Å². The van der Waals surface area contributed by atoms with E-state index in [0.717, 1.165) is 11.4 Å². The summed E-state index contributed by atoms with van der Waals surface area (Å²) in [6.45, 7) is 0. The van der Waals surface area contributed by atoms with Crippen LogP contribution >= 0.6 is 23.1 Å². The average molecular weight is 375 g/mol. The molecule has 3 rings (SSSR count). The zero-order chi connectivity index (χ0) is 17.6. The molecule has 5 nitrogen and oxygen atoms in total. The number of ether oxygens (including phenoxy) is 1. The van der Waals surface area contributed by atoms with Crippen LogP contribution < -0.4 is 10.1 Å². The van der Waals surface area contributed by atoms with Gasteiger partial charge in [0.1, 0.15) is 11.6 Å². The molecule has 0 spiro atoms. The molecule has 1 aromatic heterocycles. The van der Waals surface area contributed by atoms with Gasteiger partial charge in [-0.1, -0.05) is 35.2 Å². The number of carbonyl (C=O) groups is 1. The molecule has 25 heavy (non-hydrogen) atoms. The molecule has 0 radical (unpaired) electrons. The van der Waals surface area contributed by atoms with Gasteiger partial charge in [0.25, 0.3) is 0 Å². The van der Waals surface area contributed by atoms with E-state index in [0.29, 0.717) is 9.47 Å². The van der Waals surface area contributed by atoms with Crippen molar-refractivity contribution < 1.29 is 13.9 Å². The molecular formula is C17H14FN3O2S2. The van der Waals surface area contributed by atoms with Crippen LogP contribution in [0.5, 0.6) is 5.75 Å². The van der Waals surface area contributed by atoms with E-state index < -0.39 is 5.82 Å². The summed E-state index contributed by atoms with van der Waals surface area (Å²) < 4.78 is 19.3. The van der Waals surface area contributed by atoms with Crippen molar-refractivity contribution in [3.05, 3.63) is 59.9 Å². The summed E-state index contributed by atoms with van der Waals surface area (Å²) in [6.07, 6.45) is 0. The minimum absolute atomic E-state index is 0.0936. The maximum absolute atomic E-state index is 13.6. The third-order valence-electron chi connectivity index (χ3n) is 3.25. The lowest BCUT2D eigenvalue weighted by atomic mass is 10.1. The molecule has 2 aromatic carbocycles. The highest BCUT2D eigenvalue weighted by atomic mass is 32.2. The number of Topliss-reactive ketones (excluding diaryl/α,β-unsaturated/α-hetero) is 1. The Balaban J connectivity index is 1.58. The normalized spacial score (nSPS) is 10.5. The molecule has 8 heteroatoms. The Morgan fingerprint density at radius 2 is 1.96 bits per heavy atom. The molecule has 0 aliphatic heterocycles. The number of rotatable bonds is 7. The Morgan fingerprint density at radius 1 is 1.20 bits per heavy atom. The van der Waals surface area contributed by atoms with Crippen LogP contribution in [-0.4, -0.2) is 28.8 Å². The van der Waals surface area contributed by atoms with Crippen LogP contribution in [0.3, 0.4) is 0 Å². The molecule has 3 aromatic rings. The molecule has 0 bridgehead atoms. The number of methoxy groups -OCH3 is 1. The van der Waals surface area contributed by atoms with Crippen molar-refractivity contribution in [3.8, 4) is 5.75 Å². The van der Waals surface area contributed by atoms with E-state index in [-0.39, 0.29) is 17.1 Å². The number of halogens is 1. The molecule has 0 saturated heterocycles. The highest BCUT2D eigenvalue weighted by molar-refractivity contribution is 8.01. The maximum atomic E-state index is 13.6. The van der Waals surface area contributed by atoms with Gasteiger partial charge in [-0.15, -0.1) is 10.2 Å². The van der Waals surface area contributed by atoms with Crippen LogP contribution in [0, 0.1) is 5.82 Å². The fraction of sp³-hybridized carbons (Fsp3) is 0.118. The molecular weight excluding hydrogens is 361 g/mol. The number of aromatic nitrogens is 2. The van der Waals surface area contributed by atoms with Crippen LogP contribution in [0.1, 0.15) is 10.4 Å². The Labute approximate surface area is 152 Å². The lowest BCUT2D eigenvalue weighted by molar-refractivity contribution is 0.101. The number of hydrogen-bond donors (Lipinski definition) is 1. The largest absolute Gasteiger partial charge is 0.497 e. The standard InChI is InChI=1S/C17H14FN3O2S2/c1-23-12-8-6-11(7-9-12)19-16-20-21-17(25-16)24-10-15(22)13-4-2-3-5-14(13)18/h2-9H,10H2,1H3,(H,19,20). The van der Waals surface area contributed by atoms with Crippen LogP contribution in [0.4, 0.5) is 15.2 Å². The Hall–Kier alpha value is -2.45. The highest BCUT2D eigenvalue weighted by Crippen LogP contribution is 2.28. The van der Waals surface area contributed by atoms with E-state index in [1.54, 1.807) is 19.2 Å². The van der Waals surface area contributed by atoms with E-state index in [4.69, 9.17) is 4.74 Å². The van der Waals surface area contributed by atoms with Crippen LogP contribution in [0.2, 0.25) is 0 Å². The fourth-order valence-electron chi connectivity index (χ4n) is 2.01. The van der Waals surface area contributed by atoms with Crippen molar-refractivity contribution in [3.63, 3.8) is 0 Å². The third-order valence-corrected chi connectivity index (χ3v) is 5.22. The number of ketones is 1. The number of benzene rings is 2. The summed E-state index contributed by atoms with van der Waals surface area (Å²) in [7, 11) is 1.61. The average Bonchev–Trinajstić information content (AvgIpc) is 3.08. The smallest absolute Gasteiger partial charge is 0.210 e. The summed E-state index contributed by atoms with van der Waals surface area (Å²) in [5, 5.41) is 11.8. The summed E-state index contributed by atoms with van der Waals surface area (Å²) in [5.74, 6) is 0.0962. The van der Waals surface area contributed by atoms with E-state index in [1.807, 2.05) is 24.3 Å². The van der Waals surface area contributed by atoms with Gasteiger partial charge >= 0.3 is 0 Å². The molecule has 0 fully saturated rings. The molecule has 1 heterocycles. The summed E-state index contributed by atoms with van der Waals surface area (Å²) in [5.41, 5.74) is 0.951. The topological polar surface area (TPSA) is 64.1 Å². The lowest BCUT2D eigenvalue weighted by Crippen LogP contribution is -2.04. The van der Waals surface area contributed by atoms with E-state index >= 15 is 0 Å². The minimum Gasteiger partial charge on any atom is -0.497 e. The third kappa shape index (κ3) is 4.55. The first kappa shape index (κ1) is 17.4. The zero-order valence-electron chi connectivity index (χ0n) is 13.2. The van der Waals surface area contributed by atoms with Gasteiger partial charge in [0.05, 0.1) is 18.4 Å². The van der Waals surface area contributed by atoms with Gasteiger partial charge in [0, 0.05) is 5.69 Å². The molecule has 0 saturated carbocycles. The van der Waals surface area contributed by atoms with Gasteiger partial charge in [-0.3, -0.25) is 4.79 Å². The SMILES string of the molecule is COc1ccc(Nc2nnc(SCC(=O)c3ccccc3F)s2)cc1. The molecule has 128 valence electrons. The number of hydrogen-bond acceptors (Lipinski definition) is 7. The van der Waals surface area contributed by atoms with Crippen LogP contribution in [0.15, 0.2) is 52.9 Å². The van der Waals surface area contributed by atoms with Gasteiger partial charge < -0.3 is 10.1 Å². The second-order valence-electron chi connectivity index (χ2n) is 4.92. The van der Waals surface area contributed by atoms with Gasteiger partial charge in [-0.25, -0.2) is 4.39 Å². The molecule has 0 amide bonds. The van der Waals surface area contributed by atoms with Gasteiger partial charge in [0.2, 0.25) is 5.13 Å². The number of nitrogens with zero attached hydrogens (tertiary/aromatic N) is 2. The second-order valence-corrected chi connectivity index (χ2v) is 7.12. The summed E-state index contributed by atoms with van der Waals surface area (Å²) in [6, 6.07) is 13.4. The first-order valence-corrected chi connectivity index (χ1v) is 9.11. The van der Waals surface area contributed by atoms with Crippen molar-refractivity contribution in [2.24, 2.45) is 0 Å². The number of carbonyl (C=O) groups excluding carboxylic acids is 1. The van der Waals surface area contributed by atoms with E-state index in [9.17, 15) is 9.18 Å². The summed E-state index contributed by atoms with van der Waals surface area (Å²) in [4.78, 5) is 12.1. The van der Waals surface area contributed by atoms with Gasteiger partial charge in [0.15, 0.2) is 10.1 Å². The minimum atomic E-state index is -0.507. The molecule has 0 aliphatic rings.